The van der Waals surface area contributed by atoms with Crippen LogP contribution in [0.3, 0.4) is 0 Å². The summed E-state index contributed by atoms with van der Waals surface area (Å²) in [5, 5.41) is 28.6. The lowest BCUT2D eigenvalue weighted by molar-refractivity contribution is -0.144. The molecule has 1 heterocycles. The zero-order valence-electron chi connectivity index (χ0n) is 8.62. The lowest BCUT2D eigenvalue weighted by Crippen LogP contribution is -2.32. The Bertz CT molecular complexity index is 481. The molecule has 1 atom stereocenters. The number of rotatable bonds is 5. The predicted octanol–water partition coefficient (Wildman–Crippen LogP) is 0.293. The molecule has 1 aromatic rings. The van der Waals surface area contributed by atoms with E-state index in [0.717, 1.165) is 0 Å². The van der Waals surface area contributed by atoms with Crippen LogP contribution in [0.25, 0.3) is 0 Å². The van der Waals surface area contributed by atoms with Gasteiger partial charge in [0.25, 0.3) is 0 Å². The molecular formula is C10H9N3O4. The first-order valence-electron chi connectivity index (χ1n) is 4.60. The first kappa shape index (κ1) is 12.4. The molecule has 0 saturated carbocycles. The molecule has 7 nitrogen and oxygen atoms in total. The van der Waals surface area contributed by atoms with E-state index < -0.39 is 24.4 Å². The SMILES string of the molecule is N#Cc1ccncc1NC(CC(=O)O)C(=O)O. The molecule has 0 amide bonds. The number of nitriles is 1. The molecule has 0 aliphatic heterocycles. The van der Waals surface area contributed by atoms with Crippen molar-refractivity contribution in [2.45, 2.75) is 12.5 Å². The Morgan fingerprint density at radius 2 is 2.24 bits per heavy atom. The normalized spacial score (nSPS) is 11.2. The van der Waals surface area contributed by atoms with Crippen LogP contribution in [0.15, 0.2) is 18.5 Å². The maximum atomic E-state index is 10.8. The molecule has 88 valence electrons. The number of hydrogen-bond acceptors (Lipinski definition) is 5. The van der Waals surface area contributed by atoms with Crippen molar-refractivity contribution in [3.8, 4) is 6.07 Å². The second kappa shape index (κ2) is 5.46. The number of aliphatic carboxylic acids is 2. The van der Waals surface area contributed by atoms with Gasteiger partial charge in [0, 0.05) is 6.20 Å². The maximum Gasteiger partial charge on any atom is 0.326 e. The van der Waals surface area contributed by atoms with Crippen molar-refractivity contribution < 1.29 is 19.8 Å². The highest BCUT2D eigenvalue weighted by molar-refractivity contribution is 5.83. The van der Waals surface area contributed by atoms with Gasteiger partial charge in [-0.15, -0.1) is 0 Å². The number of pyridine rings is 1. The molecule has 0 aliphatic carbocycles. The number of carboxylic acid groups (broad SMARTS) is 2. The van der Waals surface area contributed by atoms with E-state index in [0.29, 0.717) is 0 Å². The standard InChI is InChI=1S/C10H9N3O4/c11-4-6-1-2-12-5-8(6)13-7(10(16)17)3-9(14)15/h1-2,5,7,13H,3H2,(H,14,15)(H,16,17). The highest BCUT2D eigenvalue weighted by Crippen LogP contribution is 2.14. The Morgan fingerprint density at radius 1 is 1.53 bits per heavy atom. The van der Waals surface area contributed by atoms with Gasteiger partial charge in [0.2, 0.25) is 0 Å². The third-order valence-electron chi connectivity index (χ3n) is 1.95. The summed E-state index contributed by atoms with van der Waals surface area (Å²) in [5.41, 5.74) is 0.403. The third-order valence-corrected chi connectivity index (χ3v) is 1.95. The minimum Gasteiger partial charge on any atom is -0.481 e. The van der Waals surface area contributed by atoms with Crippen LogP contribution in [0.1, 0.15) is 12.0 Å². The molecule has 0 spiro atoms. The van der Waals surface area contributed by atoms with E-state index in [9.17, 15) is 9.59 Å². The quantitative estimate of drug-likeness (QED) is 0.670. The third kappa shape index (κ3) is 3.46. The fraction of sp³-hybridized carbons (Fsp3) is 0.200. The van der Waals surface area contributed by atoms with E-state index in [4.69, 9.17) is 15.5 Å². The van der Waals surface area contributed by atoms with E-state index in [1.807, 2.05) is 6.07 Å². The number of aromatic nitrogens is 1. The first-order chi connectivity index (χ1) is 8.04. The molecule has 0 aromatic carbocycles. The summed E-state index contributed by atoms with van der Waals surface area (Å²) in [6.45, 7) is 0. The van der Waals surface area contributed by atoms with Crippen molar-refractivity contribution in [3.05, 3.63) is 24.0 Å². The number of hydrogen-bond donors (Lipinski definition) is 3. The molecule has 1 unspecified atom stereocenters. The lowest BCUT2D eigenvalue weighted by atomic mass is 10.1. The number of carbonyl (C=O) groups is 2. The van der Waals surface area contributed by atoms with Crippen LogP contribution in [-0.2, 0) is 9.59 Å². The minimum absolute atomic E-state index is 0.198. The number of carboxylic acids is 2. The highest BCUT2D eigenvalue weighted by Gasteiger charge is 2.21. The Balaban J connectivity index is 2.90. The van der Waals surface area contributed by atoms with E-state index in [1.54, 1.807) is 0 Å². The molecule has 17 heavy (non-hydrogen) atoms. The van der Waals surface area contributed by atoms with Crippen molar-refractivity contribution in [2.24, 2.45) is 0 Å². The second-order valence-corrected chi connectivity index (χ2v) is 3.17. The molecular weight excluding hydrogens is 226 g/mol. The second-order valence-electron chi connectivity index (χ2n) is 3.17. The first-order valence-corrected chi connectivity index (χ1v) is 4.60. The van der Waals surface area contributed by atoms with Gasteiger partial charge in [-0.1, -0.05) is 0 Å². The smallest absolute Gasteiger partial charge is 0.326 e. The van der Waals surface area contributed by atoms with E-state index in [-0.39, 0.29) is 11.3 Å². The number of anilines is 1. The van der Waals surface area contributed by atoms with Gasteiger partial charge in [0.15, 0.2) is 0 Å². The van der Waals surface area contributed by atoms with Gasteiger partial charge in [-0.25, -0.2) is 4.79 Å². The van der Waals surface area contributed by atoms with E-state index >= 15 is 0 Å². The van der Waals surface area contributed by atoms with Crippen LogP contribution in [0, 0.1) is 11.3 Å². The molecule has 1 aromatic heterocycles. The molecule has 0 radical (unpaired) electrons. The fourth-order valence-electron chi connectivity index (χ4n) is 1.17. The molecule has 1 rings (SSSR count). The van der Waals surface area contributed by atoms with Crippen molar-refractivity contribution in [1.29, 1.82) is 5.26 Å². The minimum atomic E-state index is -1.31. The van der Waals surface area contributed by atoms with Crippen LogP contribution in [-0.4, -0.2) is 33.2 Å². The topological polar surface area (TPSA) is 123 Å². The predicted molar refractivity (Wildman–Crippen MR) is 56.3 cm³/mol. The summed E-state index contributed by atoms with van der Waals surface area (Å²) >= 11 is 0. The summed E-state index contributed by atoms with van der Waals surface area (Å²) in [7, 11) is 0. The average Bonchev–Trinajstić information content (AvgIpc) is 2.28. The maximum absolute atomic E-state index is 10.8. The van der Waals surface area contributed by atoms with Gasteiger partial charge in [-0.05, 0) is 6.07 Å². The molecule has 0 fully saturated rings. The monoisotopic (exact) mass is 235 g/mol. The zero-order valence-corrected chi connectivity index (χ0v) is 8.62. The summed E-state index contributed by atoms with van der Waals surface area (Å²) in [4.78, 5) is 25.0. The largest absolute Gasteiger partial charge is 0.481 e. The fourth-order valence-corrected chi connectivity index (χ4v) is 1.17. The summed E-state index contributed by atoms with van der Waals surface area (Å²) < 4.78 is 0. The Labute approximate surface area is 96.3 Å². The summed E-state index contributed by atoms with van der Waals surface area (Å²) in [5.74, 6) is -2.55. The molecule has 3 N–H and O–H groups in total. The van der Waals surface area contributed by atoms with Crippen LogP contribution in [0.5, 0.6) is 0 Å². The van der Waals surface area contributed by atoms with Crippen molar-refractivity contribution in [1.82, 2.24) is 4.98 Å². The average molecular weight is 235 g/mol. The van der Waals surface area contributed by atoms with Crippen molar-refractivity contribution >= 4 is 17.6 Å². The van der Waals surface area contributed by atoms with Crippen LogP contribution in [0.2, 0.25) is 0 Å². The Hall–Kier alpha value is -2.62. The Kier molecular flexibility index (Phi) is 4.00. The number of nitrogens with one attached hydrogen (secondary N) is 1. The molecule has 0 bridgehead atoms. The van der Waals surface area contributed by atoms with E-state index in [2.05, 4.69) is 10.3 Å². The highest BCUT2D eigenvalue weighted by atomic mass is 16.4. The van der Waals surface area contributed by atoms with Gasteiger partial charge < -0.3 is 15.5 Å². The number of nitrogens with zero attached hydrogens (tertiary/aromatic N) is 2. The molecule has 0 aliphatic rings. The zero-order chi connectivity index (χ0) is 12.8. The molecule has 7 heteroatoms. The van der Waals surface area contributed by atoms with Gasteiger partial charge in [-0.3, -0.25) is 9.78 Å². The van der Waals surface area contributed by atoms with Crippen LogP contribution < -0.4 is 5.32 Å². The lowest BCUT2D eigenvalue weighted by Gasteiger charge is -2.14. The Morgan fingerprint density at radius 3 is 2.76 bits per heavy atom. The van der Waals surface area contributed by atoms with Gasteiger partial charge in [0.1, 0.15) is 12.1 Å². The van der Waals surface area contributed by atoms with Gasteiger partial charge >= 0.3 is 11.9 Å². The molecule has 0 saturated heterocycles. The van der Waals surface area contributed by atoms with Gasteiger partial charge in [0.05, 0.1) is 23.9 Å². The summed E-state index contributed by atoms with van der Waals surface area (Å²) in [6, 6.07) is 1.95. The van der Waals surface area contributed by atoms with Crippen molar-refractivity contribution in [3.63, 3.8) is 0 Å². The van der Waals surface area contributed by atoms with E-state index in [1.165, 1.54) is 18.5 Å². The summed E-state index contributed by atoms with van der Waals surface area (Å²) in [6.07, 6.45) is 2.07. The van der Waals surface area contributed by atoms with Crippen molar-refractivity contribution in [2.75, 3.05) is 5.32 Å². The van der Waals surface area contributed by atoms with Crippen LogP contribution in [0.4, 0.5) is 5.69 Å². The van der Waals surface area contributed by atoms with Crippen LogP contribution >= 0.6 is 0 Å². The van der Waals surface area contributed by atoms with Gasteiger partial charge in [-0.2, -0.15) is 5.26 Å².